The summed E-state index contributed by atoms with van der Waals surface area (Å²) >= 11 is 3.47. The number of ether oxygens (including phenoxy) is 2. The van der Waals surface area contributed by atoms with E-state index in [-0.39, 0.29) is 23.6 Å². The van der Waals surface area contributed by atoms with Crippen LogP contribution in [0, 0.1) is 11.6 Å². The minimum absolute atomic E-state index is 0.0760. The predicted molar refractivity (Wildman–Crippen MR) is 74.3 cm³/mol. The summed E-state index contributed by atoms with van der Waals surface area (Å²) in [4.78, 5) is -0.205. The fourth-order valence-corrected chi connectivity index (χ4v) is 2.74. The highest BCUT2D eigenvalue weighted by Crippen LogP contribution is 2.37. The minimum Gasteiger partial charge on any atom is -0.454 e. The summed E-state index contributed by atoms with van der Waals surface area (Å²) in [7, 11) is 0. The van der Waals surface area contributed by atoms with E-state index in [9.17, 15) is 8.78 Å². The molecule has 0 saturated heterocycles. The average molecular weight is 341 g/mol. The van der Waals surface area contributed by atoms with E-state index in [1.54, 1.807) is 6.07 Å². The van der Waals surface area contributed by atoms with Crippen molar-refractivity contribution < 1.29 is 18.3 Å². The van der Waals surface area contributed by atoms with Crippen LogP contribution in [0.15, 0.2) is 36.4 Å². The fourth-order valence-electron chi connectivity index (χ4n) is 2.13. The van der Waals surface area contributed by atoms with Gasteiger partial charge < -0.3 is 9.47 Å². The summed E-state index contributed by atoms with van der Waals surface area (Å²) in [6, 6.07) is 9.35. The van der Waals surface area contributed by atoms with Crippen molar-refractivity contribution in [3.05, 3.63) is 59.2 Å². The van der Waals surface area contributed by atoms with Gasteiger partial charge in [-0.25, -0.2) is 8.78 Å². The van der Waals surface area contributed by atoms with E-state index in [0.29, 0.717) is 11.5 Å². The standard InChI is InChI=1S/C15H11BrF2O2/c16-11(7-10-12(17)2-1-3-13(10)18)9-4-5-14-15(6-9)20-8-19-14/h1-6,11H,7-8H2. The van der Waals surface area contributed by atoms with Crippen molar-refractivity contribution in [2.45, 2.75) is 11.2 Å². The lowest BCUT2D eigenvalue weighted by atomic mass is 10.0. The molecule has 5 heteroatoms. The Bertz CT molecular complexity index is 626. The van der Waals surface area contributed by atoms with Crippen LogP contribution in [-0.2, 0) is 6.42 Å². The van der Waals surface area contributed by atoms with Gasteiger partial charge in [-0.1, -0.05) is 28.1 Å². The van der Waals surface area contributed by atoms with Crippen molar-refractivity contribution in [2.24, 2.45) is 0 Å². The zero-order valence-electron chi connectivity index (χ0n) is 10.4. The number of hydrogen-bond donors (Lipinski definition) is 0. The molecule has 2 aromatic carbocycles. The third-order valence-electron chi connectivity index (χ3n) is 3.20. The van der Waals surface area contributed by atoms with Gasteiger partial charge >= 0.3 is 0 Å². The largest absolute Gasteiger partial charge is 0.454 e. The van der Waals surface area contributed by atoms with Crippen LogP contribution in [0.4, 0.5) is 8.78 Å². The first kappa shape index (κ1) is 13.4. The summed E-state index contributed by atoms with van der Waals surface area (Å²) in [5, 5.41) is 0. The van der Waals surface area contributed by atoms with Gasteiger partial charge in [-0.3, -0.25) is 0 Å². The van der Waals surface area contributed by atoms with Gasteiger partial charge in [-0.05, 0) is 36.2 Å². The smallest absolute Gasteiger partial charge is 0.231 e. The van der Waals surface area contributed by atoms with Crippen molar-refractivity contribution in [1.29, 1.82) is 0 Å². The third kappa shape index (κ3) is 2.50. The highest BCUT2D eigenvalue weighted by molar-refractivity contribution is 9.09. The van der Waals surface area contributed by atoms with Gasteiger partial charge in [-0.15, -0.1) is 0 Å². The molecule has 0 amide bonds. The lowest BCUT2D eigenvalue weighted by Gasteiger charge is -2.12. The molecule has 2 nitrogen and oxygen atoms in total. The Morgan fingerprint density at radius 2 is 1.75 bits per heavy atom. The van der Waals surface area contributed by atoms with Crippen molar-refractivity contribution in [1.82, 2.24) is 0 Å². The van der Waals surface area contributed by atoms with Crippen LogP contribution in [0.5, 0.6) is 11.5 Å². The molecule has 104 valence electrons. The molecule has 0 aromatic heterocycles. The summed E-state index contributed by atoms with van der Waals surface area (Å²) < 4.78 is 37.8. The van der Waals surface area contributed by atoms with E-state index >= 15 is 0 Å². The molecule has 3 rings (SSSR count). The van der Waals surface area contributed by atoms with Gasteiger partial charge in [-0.2, -0.15) is 0 Å². The Hall–Kier alpha value is -1.62. The van der Waals surface area contributed by atoms with Crippen molar-refractivity contribution >= 4 is 15.9 Å². The number of alkyl halides is 1. The lowest BCUT2D eigenvalue weighted by molar-refractivity contribution is 0.174. The van der Waals surface area contributed by atoms with Crippen LogP contribution in [-0.4, -0.2) is 6.79 Å². The lowest BCUT2D eigenvalue weighted by Crippen LogP contribution is -2.01. The van der Waals surface area contributed by atoms with E-state index in [1.807, 2.05) is 12.1 Å². The molecular formula is C15H11BrF2O2. The Balaban J connectivity index is 1.84. The van der Waals surface area contributed by atoms with E-state index < -0.39 is 11.6 Å². The Morgan fingerprint density at radius 3 is 2.50 bits per heavy atom. The molecule has 1 heterocycles. The Morgan fingerprint density at radius 1 is 1.05 bits per heavy atom. The van der Waals surface area contributed by atoms with Gasteiger partial charge in [0.2, 0.25) is 6.79 Å². The minimum atomic E-state index is -0.532. The second-order valence-electron chi connectivity index (χ2n) is 4.48. The molecule has 0 radical (unpaired) electrons. The molecule has 0 bridgehead atoms. The van der Waals surface area contributed by atoms with E-state index in [0.717, 1.165) is 5.56 Å². The molecule has 0 saturated carbocycles. The topological polar surface area (TPSA) is 18.5 Å². The molecule has 0 aliphatic carbocycles. The summed E-state index contributed by atoms with van der Waals surface area (Å²) in [6.07, 6.45) is 0.220. The van der Waals surface area contributed by atoms with E-state index in [4.69, 9.17) is 9.47 Å². The number of halogens is 3. The number of rotatable bonds is 3. The van der Waals surface area contributed by atoms with Crippen molar-refractivity contribution in [3.63, 3.8) is 0 Å². The van der Waals surface area contributed by atoms with Crippen LogP contribution in [0.25, 0.3) is 0 Å². The van der Waals surface area contributed by atoms with Gasteiger partial charge in [0, 0.05) is 10.4 Å². The van der Waals surface area contributed by atoms with Gasteiger partial charge in [0.1, 0.15) is 11.6 Å². The molecule has 0 fully saturated rings. The molecule has 1 unspecified atom stereocenters. The van der Waals surface area contributed by atoms with E-state index in [1.165, 1.54) is 18.2 Å². The van der Waals surface area contributed by atoms with E-state index in [2.05, 4.69) is 15.9 Å². The zero-order valence-corrected chi connectivity index (χ0v) is 12.0. The molecule has 0 N–H and O–H groups in total. The average Bonchev–Trinajstić information content (AvgIpc) is 2.90. The first-order valence-corrected chi connectivity index (χ1v) is 7.03. The predicted octanol–water partition coefficient (Wildman–Crippen LogP) is 4.37. The normalized spacial score (nSPS) is 14.3. The van der Waals surface area contributed by atoms with Gasteiger partial charge in [0.05, 0.1) is 0 Å². The molecule has 1 atom stereocenters. The summed E-state index contributed by atoms with van der Waals surface area (Å²) in [5.74, 6) is 0.275. The van der Waals surface area contributed by atoms with Crippen LogP contribution < -0.4 is 9.47 Å². The van der Waals surface area contributed by atoms with Crippen LogP contribution in [0.3, 0.4) is 0 Å². The van der Waals surface area contributed by atoms with Crippen LogP contribution >= 0.6 is 15.9 Å². The number of benzene rings is 2. The molecule has 1 aliphatic rings. The molecule has 0 spiro atoms. The highest BCUT2D eigenvalue weighted by atomic mass is 79.9. The molecule has 2 aromatic rings. The highest BCUT2D eigenvalue weighted by Gasteiger charge is 2.19. The van der Waals surface area contributed by atoms with Gasteiger partial charge in [0.15, 0.2) is 11.5 Å². The number of fused-ring (bicyclic) bond motifs is 1. The quantitative estimate of drug-likeness (QED) is 0.772. The molecule has 20 heavy (non-hydrogen) atoms. The van der Waals surface area contributed by atoms with Crippen molar-refractivity contribution in [3.8, 4) is 11.5 Å². The fraction of sp³-hybridized carbons (Fsp3) is 0.200. The summed E-state index contributed by atoms with van der Waals surface area (Å²) in [6.45, 7) is 0.202. The maximum absolute atomic E-state index is 13.6. The third-order valence-corrected chi connectivity index (χ3v) is 4.06. The first-order valence-electron chi connectivity index (χ1n) is 6.11. The molecule has 1 aliphatic heterocycles. The molecular weight excluding hydrogens is 330 g/mol. The van der Waals surface area contributed by atoms with Crippen LogP contribution in [0.2, 0.25) is 0 Å². The van der Waals surface area contributed by atoms with Crippen LogP contribution in [0.1, 0.15) is 16.0 Å². The zero-order chi connectivity index (χ0) is 14.1. The Kier molecular flexibility index (Phi) is 3.61. The summed E-state index contributed by atoms with van der Waals surface area (Å²) in [5.41, 5.74) is 0.962. The monoisotopic (exact) mass is 340 g/mol. The van der Waals surface area contributed by atoms with Gasteiger partial charge in [0.25, 0.3) is 0 Å². The second-order valence-corrected chi connectivity index (χ2v) is 5.59. The first-order chi connectivity index (χ1) is 9.65. The maximum Gasteiger partial charge on any atom is 0.231 e. The maximum atomic E-state index is 13.6. The Labute approximate surface area is 123 Å². The SMILES string of the molecule is Fc1cccc(F)c1CC(Br)c1ccc2c(c1)OCO2. The number of hydrogen-bond acceptors (Lipinski definition) is 2. The second kappa shape index (κ2) is 5.40. The van der Waals surface area contributed by atoms with Crippen molar-refractivity contribution in [2.75, 3.05) is 6.79 Å².